The van der Waals surface area contributed by atoms with Crippen molar-refractivity contribution in [3.63, 3.8) is 0 Å². The Labute approximate surface area is 73.8 Å². The summed E-state index contributed by atoms with van der Waals surface area (Å²) in [5.74, 6) is 5.54. The number of hydrogen-bond acceptors (Lipinski definition) is 5. The molecule has 0 amide bonds. The predicted molar refractivity (Wildman–Crippen MR) is 46.2 cm³/mol. The number of nitrogens with two attached hydrogens (primary N) is 1. The molecule has 5 nitrogen and oxygen atoms in total. The van der Waals surface area contributed by atoms with Crippen LogP contribution in [0.4, 0.5) is 0 Å². The lowest BCUT2D eigenvalue weighted by Gasteiger charge is -2.34. The Bertz CT molecular complexity index is 111. The van der Waals surface area contributed by atoms with Gasteiger partial charge in [0.1, 0.15) is 0 Å². The zero-order valence-electron chi connectivity index (χ0n) is 8.44. The third-order valence-corrected chi connectivity index (χ3v) is 1.44. The lowest BCUT2D eigenvalue weighted by Crippen LogP contribution is -2.53. The van der Waals surface area contributed by atoms with Crippen LogP contribution in [-0.4, -0.2) is 29.5 Å². The average molecular weight is 177 g/mol. The zero-order chi connectivity index (χ0) is 9.72. The van der Waals surface area contributed by atoms with Gasteiger partial charge in [0.05, 0.1) is 7.11 Å². The normalized spacial score (nSPS) is 12.5. The topological polar surface area (TPSA) is 51.0 Å². The van der Waals surface area contributed by atoms with Gasteiger partial charge >= 0.3 is 0 Å². The summed E-state index contributed by atoms with van der Waals surface area (Å²) in [4.78, 5) is 9.11. The van der Waals surface area contributed by atoms with E-state index >= 15 is 0 Å². The maximum atomic E-state index is 5.54. The first-order valence-electron chi connectivity index (χ1n) is 4.04. The second-order valence-electron chi connectivity index (χ2n) is 3.11. The fraction of sp³-hybridized carbons (Fsp3) is 1.00. The SMILES string of the molecule is COON(N)N(C(C)C)C(C)C. The summed E-state index contributed by atoms with van der Waals surface area (Å²) in [7, 11) is 1.42. The van der Waals surface area contributed by atoms with Gasteiger partial charge in [0, 0.05) is 12.1 Å². The first kappa shape index (κ1) is 11.8. The van der Waals surface area contributed by atoms with Crippen molar-refractivity contribution in [2.75, 3.05) is 7.11 Å². The quantitative estimate of drug-likeness (QED) is 0.380. The molecule has 0 aliphatic rings. The van der Waals surface area contributed by atoms with Crippen LogP contribution >= 0.6 is 0 Å². The van der Waals surface area contributed by atoms with E-state index in [0.29, 0.717) is 0 Å². The fourth-order valence-corrected chi connectivity index (χ4v) is 1.17. The minimum Gasteiger partial charge on any atom is -0.228 e. The molecule has 0 aromatic rings. The first-order valence-corrected chi connectivity index (χ1v) is 4.04. The van der Waals surface area contributed by atoms with Gasteiger partial charge in [-0.2, -0.15) is 5.01 Å². The fourth-order valence-electron chi connectivity index (χ4n) is 1.17. The van der Waals surface area contributed by atoms with Crippen LogP contribution in [0.5, 0.6) is 0 Å². The van der Waals surface area contributed by atoms with Crippen molar-refractivity contribution in [2.45, 2.75) is 39.8 Å². The van der Waals surface area contributed by atoms with Gasteiger partial charge in [-0.05, 0) is 33.0 Å². The summed E-state index contributed by atoms with van der Waals surface area (Å²) in [6.45, 7) is 8.11. The van der Waals surface area contributed by atoms with Crippen LogP contribution in [-0.2, 0) is 9.88 Å². The molecule has 0 atom stereocenters. The standard InChI is InChI=1S/C7H19N3O2/c1-6(2)9(7(3)4)10(8)12-11-5/h6-7H,8H2,1-5H3. The third-order valence-electron chi connectivity index (χ3n) is 1.44. The van der Waals surface area contributed by atoms with Crippen molar-refractivity contribution in [1.29, 1.82) is 0 Å². The molecule has 0 radical (unpaired) electrons. The van der Waals surface area contributed by atoms with Crippen molar-refractivity contribution in [3.05, 3.63) is 0 Å². The maximum Gasteiger partial charge on any atom is 0.0734 e. The number of hydrazine groups is 2. The molecule has 0 unspecified atom stereocenters. The summed E-state index contributed by atoms with van der Waals surface area (Å²) in [6.07, 6.45) is 0. The Kier molecular flexibility index (Phi) is 5.36. The van der Waals surface area contributed by atoms with Gasteiger partial charge < -0.3 is 0 Å². The van der Waals surface area contributed by atoms with E-state index < -0.39 is 0 Å². The Morgan fingerprint density at radius 1 is 1.08 bits per heavy atom. The molecular weight excluding hydrogens is 158 g/mol. The molecule has 5 heteroatoms. The average Bonchev–Trinajstić information content (AvgIpc) is 1.85. The van der Waals surface area contributed by atoms with Gasteiger partial charge in [0.15, 0.2) is 0 Å². The highest BCUT2D eigenvalue weighted by molar-refractivity contribution is 4.59. The number of nitrogens with zero attached hydrogens (tertiary/aromatic N) is 2. The van der Waals surface area contributed by atoms with E-state index in [4.69, 9.17) is 5.84 Å². The second-order valence-corrected chi connectivity index (χ2v) is 3.11. The highest BCUT2D eigenvalue weighted by Gasteiger charge is 2.19. The summed E-state index contributed by atoms with van der Waals surface area (Å²) >= 11 is 0. The van der Waals surface area contributed by atoms with Gasteiger partial charge in [-0.3, -0.25) is 0 Å². The van der Waals surface area contributed by atoms with E-state index in [-0.39, 0.29) is 12.1 Å². The van der Waals surface area contributed by atoms with Crippen molar-refractivity contribution >= 4 is 0 Å². The monoisotopic (exact) mass is 177 g/mol. The van der Waals surface area contributed by atoms with Crippen LogP contribution in [0.25, 0.3) is 0 Å². The molecular formula is C7H19N3O2. The summed E-state index contributed by atoms with van der Waals surface area (Å²) in [6, 6.07) is 0.537. The minimum absolute atomic E-state index is 0.269. The van der Waals surface area contributed by atoms with E-state index in [1.165, 1.54) is 7.11 Å². The largest absolute Gasteiger partial charge is 0.228 e. The summed E-state index contributed by atoms with van der Waals surface area (Å²) in [5, 5.41) is 2.96. The molecule has 0 saturated heterocycles. The Balaban J connectivity index is 4.09. The van der Waals surface area contributed by atoms with E-state index in [1.54, 1.807) is 0 Å². The van der Waals surface area contributed by atoms with Crippen molar-refractivity contribution in [1.82, 2.24) is 10.3 Å². The maximum absolute atomic E-state index is 5.54. The Hall–Kier alpha value is -0.200. The number of rotatable bonds is 5. The summed E-state index contributed by atoms with van der Waals surface area (Å²) in [5.41, 5.74) is 0. The predicted octanol–water partition coefficient (Wildman–Crippen LogP) is 0.689. The molecule has 0 rings (SSSR count). The third kappa shape index (κ3) is 3.46. The highest BCUT2D eigenvalue weighted by Crippen LogP contribution is 2.06. The van der Waals surface area contributed by atoms with Crippen LogP contribution in [0.2, 0.25) is 0 Å². The molecule has 0 bridgehead atoms. The second kappa shape index (κ2) is 5.45. The Morgan fingerprint density at radius 3 is 1.75 bits per heavy atom. The van der Waals surface area contributed by atoms with E-state index in [9.17, 15) is 0 Å². The minimum atomic E-state index is 0.269. The van der Waals surface area contributed by atoms with Crippen molar-refractivity contribution in [2.24, 2.45) is 5.84 Å². The van der Waals surface area contributed by atoms with Gasteiger partial charge in [-0.25, -0.2) is 10.7 Å². The smallest absolute Gasteiger partial charge is 0.0734 e. The van der Waals surface area contributed by atoms with E-state index in [2.05, 4.69) is 9.88 Å². The van der Waals surface area contributed by atoms with Gasteiger partial charge in [-0.15, -0.1) is 4.99 Å². The van der Waals surface area contributed by atoms with Crippen LogP contribution in [0.3, 0.4) is 0 Å². The highest BCUT2D eigenvalue weighted by atomic mass is 17.3. The number of hydrogen-bond donors (Lipinski definition) is 1. The molecule has 0 aromatic heterocycles. The molecule has 74 valence electrons. The molecule has 2 N–H and O–H groups in total. The van der Waals surface area contributed by atoms with E-state index in [0.717, 1.165) is 5.28 Å². The first-order chi connectivity index (χ1) is 5.50. The molecule has 0 aromatic carbocycles. The molecule has 0 spiro atoms. The molecule has 0 saturated carbocycles. The lowest BCUT2D eigenvalue weighted by atomic mass is 10.3. The van der Waals surface area contributed by atoms with Crippen LogP contribution in [0, 0.1) is 0 Å². The van der Waals surface area contributed by atoms with Gasteiger partial charge in [0.2, 0.25) is 0 Å². The molecule has 12 heavy (non-hydrogen) atoms. The molecule has 0 heterocycles. The van der Waals surface area contributed by atoms with Gasteiger partial charge in [0.25, 0.3) is 0 Å². The van der Waals surface area contributed by atoms with Crippen molar-refractivity contribution < 1.29 is 9.88 Å². The Morgan fingerprint density at radius 2 is 1.50 bits per heavy atom. The molecule has 0 aliphatic heterocycles. The summed E-state index contributed by atoms with van der Waals surface area (Å²) < 4.78 is 0. The zero-order valence-corrected chi connectivity index (χ0v) is 8.44. The van der Waals surface area contributed by atoms with Crippen molar-refractivity contribution in [3.8, 4) is 0 Å². The van der Waals surface area contributed by atoms with Gasteiger partial charge in [-0.1, -0.05) is 0 Å². The van der Waals surface area contributed by atoms with E-state index in [1.807, 2.05) is 32.7 Å². The molecule has 0 fully saturated rings. The van der Waals surface area contributed by atoms with Crippen LogP contribution < -0.4 is 5.84 Å². The lowest BCUT2D eigenvalue weighted by molar-refractivity contribution is -0.479. The molecule has 0 aliphatic carbocycles. The van der Waals surface area contributed by atoms with Crippen LogP contribution in [0.15, 0.2) is 0 Å². The van der Waals surface area contributed by atoms with Crippen LogP contribution in [0.1, 0.15) is 27.7 Å².